The van der Waals surface area contributed by atoms with Gasteiger partial charge in [-0.25, -0.2) is 0 Å². The van der Waals surface area contributed by atoms with Gasteiger partial charge in [-0.2, -0.15) is 0 Å². The van der Waals surface area contributed by atoms with Gasteiger partial charge in [-0.05, 0) is 32.7 Å². The lowest BCUT2D eigenvalue weighted by molar-refractivity contribution is 0.582. The molecule has 1 heterocycles. The summed E-state index contributed by atoms with van der Waals surface area (Å²) in [5.41, 5.74) is 2.58. The van der Waals surface area contributed by atoms with Gasteiger partial charge in [-0.1, -0.05) is 78.9 Å². The van der Waals surface area contributed by atoms with Gasteiger partial charge in [0.2, 0.25) is 0 Å². The highest BCUT2D eigenvalue weighted by Crippen LogP contribution is 2.59. The molecule has 5 rings (SSSR count). The summed E-state index contributed by atoms with van der Waals surface area (Å²) in [6.07, 6.45) is 1.36. The molecule has 0 saturated heterocycles. The summed E-state index contributed by atoms with van der Waals surface area (Å²) in [6.45, 7) is 0. The molecular weight excluding hydrogens is 311 g/mol. The van der Waals surface area contributed by atoms with Crippen LogP contribution in [0.4, 0.5) is 0 Å². The van der Waals surface area contributed by atoms with Crippen molar-refractivity contribution in [2.24, 2.45) is 0 Å². The molecule has 4 aromatic carbocycles. The Balaban J connectivity index is 1.84. The van der Waals surface area contributed by atoms with Crippen LogP contribution in [-0.2, 0) is 16.9 Å². The Hall–Kier alpha value is -2.37. The molecule has 0 N–H and O–H groups in total. The molecule has 0 atom stereocenters. The highest BCUT2D eigenvalue weighted by molar-refractivity contribution is 7.70. The summed E-state index contributed by atoms with van der Waals surface area (Å²) in [5.74, 6) is 0. The van der Waals surface area contributed by atoms with Crippen molar-refractivity contribution < 1.29 is 4.57 Å². The second-order valence-electron chi connectivity index (χ2n) is 6.59. The van der Waals surface area contributed by atoms with Crippen LogP contribution in [0.2, 0.25) is 0 Å². The van der Waals surface area contributed by atoms with E-state index in [1.54, 1.807) is 0 Å². The van der Waals surface area contributed by atoms with Crippen molar-refractivity contribution in [3.8, 4) is 0 Å². The molecule has 0 unspecified atom stereocenters. The van der Waals surface area contributed by atoms with Crippen LogP contribution in [0.15, 0.2) is 78.9 Å². The first-order valence-corrected chi connectivity index (χ1v) is 10.4. The quantitative estimate of drug-likeness (QED) is 0.324. The lowest BCUT2D eigenvalue weighted by atomic mass is 9.93. The van der Waals surface area contributed by atoms with Gasteiger partial charge >= 0.3 is 0 Å². The Morgan fingerprint density at radius 3 is 1.46 bits per heavy atom. The number of fused-ring (bicyclic) bond motifs is 6. The van der Waals surface area contributed by atoms with E-state index in [1.165, 1.54) is 32.7 Å². The molecule has 0 radical (unpaired) electrons. The largest absolute Gasteiger partial charge is 0.318 e. The van der Waals surface area contributed by atoms with E-state index < -0.39 is 7.14 Å². The third kappa shape index (κ3) is 1.92. The molecule has 1 aliphatic heterocycles. The number of rotatable bonds is 1. The third-order valence-corrected chi connectivity index (χ3v) is 8.11. The monoisotopic (exact) mass is 328 g/mol. The molecule has 116 valence electrons. The van der Waals surface area contributed by atoms with E-state index in [9.17, 15) is 4.57 Å². The Morgan fingerprint density at radius 1 is 0.542 bits per heavy atom. The van der Waals surface area contributed by atoms with Crippen LogP contribution in [0, 0.1) is 0 Å². The Morgan fingerprint density at radius 2 is 0.958 bits per heavy atom. The average Bonchev–Trinajstić information content (AvgIpc) is 3.02. The smallest absolute Gasteiger partial charge is 0.124 e. The lowest BCUT2D eigenvalue weighted by Crippen LogP contribution is -2.03. The summed E-state index contributed by atoms with van der Waals surface area (Å²) in [4.78, 5) is 0. The number of hydrogen-bond donors (Lipinski definition) is 0. The Bertz CT molecular complexity index is 1060. The zero-order valence-electron chi connectivity index (χ0n) is 13.3. The van der Waals surface area contributed by atoms with Crippen molar-refractivity contribution in [3.05, 3.63) is 90.0 Å². The molecule has 1 aliphatic rings. The zero-order chi connectivity index (χ0) is 16.1. The molecule has 0 fully saturated rings. The molecule has 0 aromatic heterocycles. The fourth-order valence-electron chi connectivity index (χ4n) is 4.10. The van der Waals surface area contributed by atoms with Crippen LogP contribution in [0.1, 0.15) is 11.1 Å². The summed E-state index contributed by atoms with van der Waals surface area (Å²) in [7, 11) is -2.41. The molecule has 0 bridgehead atoms. The van der Waals surface area contributed by atoms with Crippen molar-refractivity contribution >= 4 is 34.0 Å². The molecule has 1 nitrogen and oxygen atoms in total. The van der Waals surface area contributed by atoms with E-state index in [0.29, 0.717) is 12.3 Å². The van der Waals surface area contributed by atoms with Crippen molar-refractivity contribution in [2.75, 3.05) is 0 Å². The topological polar surface area (TPSA) is 17.1 Å². The maximum atomic E-state index is 13.8. The van der Waals surface area contributed by atoms with Gasteiger partial charge in [0.1, 0.15) is 7.14 Å². The van der Waals surface area contributed by atoms with Crippen LogP contribution >= 0.6 is 7.14 Å². The molecular formula is C22H17OP. The van der Waals surface area contributed by atoms with Crippen molar-refractivity contribution in [1.29, 1.82) is 0 Å². The maximum absolute atomic E-state index is 13.8. The first kappa shape index (κ1) is 14.0. The predicted octanol–water partition coefficient (Wildman–Crippen LogP) is 5.70. The van der Waals surface area contributed by atoms with E-state index in [0.717, 1.165) is 5.30 Å². The van der Waals surface area contributed by atoms with Crippen LogP contribution in [0.3, 0.4) is 0 Å². The second kappa shape index (κ2) is 5.06. The van der Waals surface area contributed by atoms with Gasteiger partial charge in [0.25, 0.3) is 0 Å². The molecule has 0 amide bonds. The highest BCUT2D eigenvalue weighted by atomic mass is 31.2. The summed E-state index contributed by atoms with van der Waals surface area (Å²) < 4.78 is 13.8. The number of benzene rings is 4. The van der Waals surface area contributed by atoms with Gasteiger partial charge in [-0.3, -0.25) is 0 Å². The van der Waals surface area contributed by atoms with Crippen molar-refractivity contribution in [3.63, 3.8) is 0 Å². The first-order valence-electron chi connectivity index (χ1n) is 8.31. The van der Waals surface area contributed by atoms with E-state index in [-0.39, 0.29) is 0 Å². The van der Waals surface area contributed by atoms with Crippen LogP contribution < -0.4 is 5.30 Å². The van der Waals surface area contributed by atoms with E-state index >= 15 is 0 Å². The Labute approximate surface area is 141 Å². The van der Waals surface area contributed by atoms with Gasteiger partial charge in [0.15, 0.2) is 0 Å². The molecule has 2 heteroatoms. The maximum Gasteiger partial charge on any atom is 0.124 e. The minimum Gasteiger partial charge on any atom is -0.318 e. The van der Waals surface area contributed by atoms with Crippen LogP contribution in [0.25, 0.3) is 21.5 Å². The van der Waals surface area contributed by atoms with Crippen molar-refractivity contribution in [2.45, 2.75) is 12.3 Å². The van der Waals surface area contributed by atoms with E-state index in [4.69, 9.17) is 0 Å². The first-order chi connectivity index (χ1) is 11.8. The zero-order valence-corrected chi connectivity index (χ0v) is 14.2. The molecule has 24 heavy (non-hydrogen) atoms. The number of hydrogen-bond acceptors (Lipinski definition) is 1. The summed E-state index contributed by atoms with van der Waals surface area (Å²) in [6, 6.07) is 27.1. The predicted molar refractivity (Wildman–Crippen MR) is 103 cm³/mol. The normalized spacial score (nSPS) is 15.7. The average molecular weight is 328 g/mol. The van der Waals surface area contributed by atoms with E-state index in [1.807, 2.05) is 30.3 Å². The van der Waals surface area contributed by atoms with E-state index in [2.05, 4.69) is 48.5 Å². The summed E-state index contributed by atoms with van der Waals surface area (Å²) >= 11 is 0. The van der Waals surface area contributed by atoms with Gasteiger partial charge in [-0.15, -0.1) is 0 Å². The molecule has 0 spiro atoms. The Kier molecular flexibility index (Phi) is 2.96. The lowest BCUT2D eigenvalue weighted by Gasteiger charge is -2.10. The molecule has 4 aromatic rings. The van der Waals surface area contributed by atoms with Gasteiger partial charge < -0.3 is 4.57 Å². The second-order valence-corrected chi connectivity index (χ2v) is 9.52. The summed E-state index contributed by atoms with van der Waals surface area (Å²) in [5, 5.41) is 6.08. The van der Waals surface area contributed by atoms with Gasteiger partial charge in [0.05, 0.1) is 0 Å². The standard InChI is InChI=1S/C22H17OP/c23-24(16-8-2-1-3-9-16)14-21-19-12-6-4-10-17(19)18-11-5-7-13-20(18)22(21)15-24/h1-13H,14-15H2. The molecule has 0 saturated carbocycles. The van der Waals surface area contributed by atoms with Gasteiger partial charge in [0, 0.05) is 17.6 Å². The third-order valence-electron chi connectivity index (χ3n) is 5.21. The fourth-order valence-corrected chi connectivity index (χ4v) is 7.03. The SMILES string of the molecule is O=P1(c2ccccc2)Cc2c(c3ccccc3c3ccccc23)C1. The minimum absolute atomic E-state index is 0.678. The highest BCUT2D eigenvalue weighted by Gasteiger charge is 2.35. The van der Waals surface area contributed by atoms with Crippen molar-refractivity contribution in [1.82, 2.24) is 0 Å². The van der Waals surface area contributed by atoms with Crippen LogP contribution in [-0.4, -0.2) is 0 Å². The minimum atomic E-state index is -2.41. The van der Waals surface area contributed by atoms with Crippen LogP contribution in [0.5, 0.6) is 0 Å². The molecule has 0 aliphatic carbocycles. The fraction of sp³-hybridized carbons (Fsp3) is 0.0909.